The van der Waals surface area contributed by atoms with Crippen molar-refractivity contribution in [2.24, 2.45) is 11.5 Å². The molecule has 1 atom stereocenters. The van der Waals surface area contributed by atoms with Crippen molar-refractivity contribution in [2.45, 2.75) is 25.3 Å². The van der Waals surface area contributed by atoms with Gasteiger partial charge in [0.25, 0.3) is 0 Å². The average Bonchev–Trinajstić information content (AvgIpc) is 2.15. The number of hydrogen-bond donors (Lipinski definition) is 5. The SMILES string of the molecule is Cl.Cl.NCCCCC(=CC(N)C(=O)O)CP(=O)(O)O. The highest BCUT2D eigenvalue weighted by molar-refractivity contribution is 7.52. The molecule has 0 amide bonds. The molecule has 0 aromatic heterocycles. The molecule has 0 aliphatic carbocycles. The predicted octanol–water partition coefficient (Wildman–Crippen LogP) is 0.475. The molecule has 0 aliphatic rings. The van der Waals surface area contributed by atoms with E-state index >= 15 is 0 Å². The first-order valence-corrected chi connectivity index (χ1v) is 6.98. The Labute approximate surface area is 124 Å². The summed E-state index contributed by atoms with van der Waals surface area (Å²) in [5.41, 5.74) is 10.9. The van der Waals surface area contributed by atoms with E-state index in [-0.39, 0.29) is 24.8 Å². The zero-order valence-electron chi connectivity index (χ0n) is 10.3. The topological polar surface area (TPSA) is 147 Å². The van der Waals surface area contributed by atoms with Gasteiger partial charge in [0.15, 0.2) is 0 Å². The summed E-state index contributed by atoms with van der Waals surface area (Å²) in [6, 6.07) is -1.24. The number of carboxylic acids is 1. The number of allylic oxidation sites excluding steroid dienone is 1. The number of rotatable bonds is 8. The molecule has 19 heavy (non-hydrogen) atoms. The highest BCUT2D eigenvalue weighted by atomic mass is 35.5. The number of carboxylic acid groups (broad SMARTS) is 1. The second-order valence-corrected chi connectivity index (χ2v) is 5.40. The van der Waals surface area contributed by atoms with Crippen LogP contribution in [0.1, 0.15) is 19.3 Å². The van der Waals surface area contributed by atoms with Gasteiger partial charge in [-0.2, -0.15) is 0 Å². The first-order valence-electron chi connectivity index (χ1n) is 5.19. The molecule has 10 heteroatoms. The van der Waals surface area contributed by atoms with Gasteiger partial charge in [0.1, 0.15) is 6.04 Å². The van der Waals surface area contributed by atoms with Gasteiger partial charge in [-0.15, -0.1) is 24.8 Å². The maximum atomic E-state index is 10.9. The van der Waals surface area contributed by atoms with Gasteiger partial charge in [-0.3, -0.25) is 9.36 Å². The van der Waals surface area contributed by atoms with Gasteiger partial charge in [0.2, 0.25) is 0 Å². The highest BCUT2D eigenvalue weighted by Gasteiger charge is 2.18. The standard InChI is InChI=1S/C9H19N2O5P.2ClH/c10-4-2-1-3-7(6-17(14,15)16)5-8(11)9(12)13;;/h5,8H,1-4,6,10-11H2,(H,12,13)(H2,14,15,16);2*1H. The Morgan fingerprint density at radius 1 is 1.26 bits per heavy atom. The summed E-state index contributed by atoms with van der Waals surface area (Å²) in [6.45, 7) is 0.480. The minimum absolute atomic E-state index is 0. The van der Waals surface area contributed by atoms with Gasteiger partial charge in [-0.1, -0.05) is 11.6 Å². The molecule has 7 nitrogen and oxygen atoms in total. The molecule has 7 N–H and O–H groups in total. The van der Waals surface area contributed by atoms with Crippen molar-refractivity contribution in [1.82, 2.24) is 0 Å². The van der Waals surface area contributed by atoms with Crippen LogP contribution in [-0.4, -0.2) is 39.6 Å². The lowest BCUT2D eigenvalue weighted by Gasteiger charge is -2.10. The van der Waals surface area contributed by atoms with Gasteiger partial charge in [0.05, 0.1) is 6.16 Å². The Morgan fingerprint density at radius 3 is 2.16 bits per heavy atom. The van der Waals surface area contributed by atoms with Crippen molar-refractivity contribution < 1.29 is 24.3 Å². The van der Waals surface area contributed by atoms with Gasteiger partial charge in [-0.25, -0.2) is 0 Å². The molecule has 0 aliphatic heterocycles. The van der Waals surface area contributed by atoms with E-state index in [9.17, 15) is 9.36 Å². The summed E-state index contributed by atoms with van der Waals surface area (Å²) < 4.78 is 10.9. The maximum Gasteiger partial charge on any atom is 0.329 e. The lowest BCUT2D eigenvalue weighted by atomic mass is 10.1. The quantitative estimate of drug-likeness (QED) is 0.245. The molecule has 0 saturated heterocycles. The van der Waals surface area contributed by atoms with Crippen LogP contribution in [0.4, 0.5) is 0 Å². The van der Waals surface area contributed by atoms with E-state index in [1.165, 1.54) is 6.08 Å². The fourth-order valence-electron chi connectivity index (χ4n) is 1.30. The summed E-state index contributed by atoms with van der Waals surface area (Å²) in [6.07, 6.45) is 2.48. The second-order valence-electron chi connectivity index (χ2n) is 3.76. The van der Waals surface area contributed by atoms with Gasteiger partial charge >= 0.3 is 13.6 Å². The zero-order valence-corrected chi connectivity index (χ0v) is 12.8. The fourth-order valence-corrected chi connectivity index (χ4v) is 2.09. The van der Waals surface area contributed by atoms with Crippen LogP contribution in [0, 0.1) is 0 Å². The summed E-state index contributed by atoms with van der Waals surface area (Å²) >= 11 is 0. The summed E-state index contributed by atoms with van der Waals surface area (Å²) in [5.74, 6) is -1.23. The van der Waals surface area contributed by atoms with Crippen molar-refractivity contribution in [2.75, 3.05) is 12.7 Å². The van der Waals surface area contributed by atoms with Crippen LogP contribution in [-0.2, 0) is 9.36 Å². The molecular formula is C9H21Cl2N2O5P. The third-order valence-corrected chi connectivity index (χ3v) is 2.88. The normalized spacial score (nSPS) is 13.2. The van der Waals surface area contributed by atoms with E-state index < -0.39 is 25.8 Å². The van der Waals surface area contributed by atoms with Crippen LogP contribution in [0.5, 0.6) is 0 Å². The minimum atomic E-state index is -4.20. The van der Waals surface area contributed by atoms with Crippen molar-refractivity contribution >= 4 is 38.4 Å². The average molecular weight is 339 g/mol. The number of unbranched alkanes of at least 4 members (excludes halogenated alkanes) is 1. The molecule has 0 heterocycles. The van der Waals surface area contributed by atoms with Crippen LogP contribution >= 0.6 is 32.4 Å². The number of carbonyl (C=O) groups is 1. The van der Waals surface area contributed by atoms with Crippen molar-refractivity contribution in [3.05, 3.63) is 11.6 Å². The molecule has 0 bridgehead atoms. The zero-order chi connectivity index (χ0) is 13.5. The molecule has 0 spiro atoms. The van der Waals surface area contributed by atoms with E-state index in [2.05, 4.69) is 0 Å². The second kappa shape index (κ2) is 11.7. The molecular weight excluding hydrogens is 318 g/mol. The largest absolute Gasteiger partial charge is 0.480 e. The van der Waals surface area contributed by atoms with Crippen LogP contribution in [0.25, 0.3) is 0 Å². The van der Waals surface area contributed by atoms with Crippen molar-refractivity contribution in [1.29, 1.82) is 0 Å². The Hall–Kier alpha value is -0.140. The Morgan fingerprint density at radius 2 is 1.79 bits per heavy atom. The summed E-state index contributed by atoms with van der Waals surface area (Å²) in [4.78, 5) is 28.3. The van der Waals surface area contributed by atoms with Crippen LogP contribution in [0.2, 0.25) is 0 Å². The molecule has 0 aromatic carbocycles. The van der Waals surface area contributed by atoms with Crippen LogP contribution in [0.3, 0.4) is 0 Å². The molecule has 116 valence electrons. The van der Waals surface area contributed by atoms with Crippen molar-refractivity contribution in [3.8, 4) is 0 Å². The van der Waals surface area contributed by atoms with E-state index in [0.717, 1.165) is 0 Å². The first-order chi connectivity index (χ1) is 7.76. The Balaban J connectivity index is -0.00000128. The van der Waals surface area contributed by atoms with Crippen molar-refractivity contribution in [3.63, 3.8) is 0 Å². The van der Waals surface area contributed by atoms with Gasteiger partial charge < -0.3 is 26.4 Å². The van der Waals surface area contributed by atoms with Crippen LogP contribution < -0.4 is 11.5 Å². The van der Waals surface area contributed by atoms with Crippen LogP contribution in [0.15, 0.2) is 11.6 Å². The number of aliphatic carboxylic acids is 1. The highest BCUT2D eigenvalue weighted by Crippen LogP contribution is 2.37. The third kappa shape index (κ3) is 14.1. The molecule has 1 unspecified atom stereocenters. The van der Waals surface area contributed by atoms with E-state index in [0.29, 0.717) is 31.4 Å². The van der Waals surface area contributed by atoms with E-state index in [1.807, 2.05) is 0 Å². The number of nitrogens with two attached hydrogens (primary N) is 2. The maximum absolute atomic E-state index is 10.9. The summed E-state index contributed by atoms with van der Waals surface area (Å²) in [5, 5.41) is 8.62. The predicted molar refractivity (Wildman–Crippen MR) is 78.0 cm³/mol. The third-order valence-electron chi connectivity index (χ3n) is 2.06. The molecule has 0 saturated carbocycles. The Kier molecular flexibility index (Phi) is 14.7. The molecule has 0 fully saturated rings. The lowest BCUT2D eigenvalue weighted by Crippen LogP contribution is -2.28. The number of hydrogen-bond acceptors (Lipinski definition) is 4. The van der Waals surface area contributed by atoms with E-state index in [1.54, 1.807) is 0 Å². The summed E-state index contributed by atoms with van der Waals surface area (Å²) in [7, 11) is -4.20. The monoisotopic (exact) mass is 338 g/mol. The first kappa shape index (κ1) is 23.9. The van der Waals surface area contributed by atoms with Gasteiger partial charge in [0, 0.05) is 0 Å². The fraction of sp³-hybridized carbons (Fsp3) is 0.667. The molecule has 0 radical (unpaired) electrons. The van der Waals surface area contributed by atoms with Gasteiger partial charge in [-0.05, 0) is 25.8 Å². The number of halogens is 2. The van der Waals surface area contributed by atoms with E-state index in [4.69, 9.17) is 26.4 Å². The smallest absolute Gasteiger partial charge is 0.329 e. The Bertz CT molecular complexity index is 335. The minimum Gasteiger partial charge on any atom is -0.480 e. The molecule has 0 rings (SSSR count). The lowest BCUT2D eigenvalue weighted by molar-refractivity contribution is -0.137. The molecule has 0 aromatic rings.